The minimum Gasteiger partial charge on any atom is -0.144 e. The second-order valence-corrected chi connectivity index (χ2v) is 10.6. The lowest BCUT2D eigenvalue weighted by molar-refractivity contribution is 1.73. The molecule has 0 saturated heterocycles. The SMILES string of the molecule is Ic1ccc(C(=C(c2cccs2)c2cccs2)c2cccs2)s1. The Morgan fingerprint density at radius 3 is 1.43 bits per heavy atom. The van der Waals surface area contributed by atoms with Crippen molar-refractivity contribution >= 4 is 79.1 Å². The van der Waals surface area contributed by atoms with Crippen LogP contribution >= 0.6 is 67.9 Å². The van der Waals surface area contributed by atoms with Gasteiger partial charge in [0.15, 0.2) is 0 Å². The highest BCUT2D eigenvalue weighted by Gasteiger charge is 2.19. The molecule has 0 radical (unpaired) electrons. The molecule has 0 saturated carbocycles. The maximum Gasteiger partial charge on any atom is 0.0660 e. The molecule has 0 aromatic carbocycles. The van der Waals surface area contributed by atoms with Crippen molar-refractivity contribution in [2.24, 2.45) is 0 Å². The predicted molar refractivity (Wildman–Crippen MR) is 115 cm³/mol. The zero-order valence-corrected chi connectivity index (χ0v) is 17.3. The number of hydrogen-bond acceptors (Lipinski definition) is 4. The summed E-state index contributed by atoms with van der Waals surface area (Å²) in [4.78, 5) is 5.34. The molecule has 0 bridgehead atoms. The molecule has 5 heteroatoms. The summed E-state index contributed by atoms with van der Waals surface area (Å²) in [6.45, 7) is 0. The molecule has 4 rings (SSSR count). The Balaban J connectivity index is 2.05. The van der Waals surface area contributed by atoms with E-state index in [2.05, 4.69) is 87.3 Å². The summed E-state index contributed by atoms with van der Waals surface area (Å²) >= 11 is 9.71. The maximum absolute atomic E-state index is 2.41. The van der Waals surface area contributed by atoms with E-state index in [0.717, 1.165) is 0 Å². The van der Waals surface area contributed by atoms with E-state index >= 15 is 0 Å². The molecule has 4 aromatic heterocycles. The lowest BCUT2D eigenvalue weighted by Gasteiger charge is -2.11. The molecule has 0 N–H and O–H groups in total. The fourth-order valence-corrected chi connectivity index (χ4v) is 6.64. The molecular weight excluding hydrogens is 471 g/mol. The van der Waals surface area contributed by atoms with Crippen LogP contribution in [0.4, 0.5) is 0 Å². The molecule has 114 valence electrons. The molecule has 0 aliphatic heterocycles. The van der Waals surface area contributed by atoms with Gasteiger partial charge in [0, 0.05) is 30.7 Å². The highest BCUT2D eigenvalue weighted by atomic mass is 127. The highest BCUT2D eigenvalue weighted by Crippen LogP contribution is 2.43. The van der Waals surface area contributed by atoms with Crippen LogP contribution < -0.4 is 0 Å². The Hall–Kier alpha value is -0.730. The number of halogens is 1. The summed E-state index contributed by atoms with van der Waals surface area (Å²) in [6.07, 6.45) is 0. The lowest BCUT2D eigenvalue weighted by Crippen LogP contribution is -1.90. The summed E-state index contributed by atoms with van der Waals surface area (Å²) in [6, 6.07) is 17.6. The predicted octanol–water partition coefficient (Wildman–Crippen LogP) is 7.54. The lowest BCUT2D eigenvalue weighted by atomic mass is 10.0. The zero-order valence-electron chi connectivity index (χ0n) is 11.9. The normalized spacial score (nSPS) is 10.8. The average Bonchev–Trinajstić information content (AvgIpc) is 3.31. The molecule has 4 heterocycles. The minimum atomic E-state index is 1.32. The topological polar surface area (TPSA) is 0 Å². The van der Waals surface area contributed by atoms with Gasteiger partial charge >= 0.3 is 0 Å². The zero-order chi connectivity index (χ0) is 15.6. The fraction of sp³-hybridized carbons (Fsp3) is 0. The minimum absolute atomic E-state index is 1.32. The van der Waals surface area contributed by atoms with Crippen molar-refractivity contribution in [2.75, 3.05) is 0 Å². The van der Waals surface area contributed by atoms with Crippen molar-refractivity contribution in [3.63, 3.8) is 0 Å². The first kappa shape index (κ1) is 15.8. The van der Waals surface area contributed by atoms with Crippen LogP contribution in [0.25, 0.3) is 11.1 Å². The summed E-state index contributed by atoms with van der Waals surface area (Å²) in [5, 5.41) is 6.48. The first-order valence-electron chi connectivity index (χ1n) is 6.94. The summed E-state index contributed by atoms with van der Waals surface area (Å²) < 4.78 is 1.32. The van der Waals surface area contributed by atoms with Crippen LogP contribution in [0.1, 0.15) is 19.5 Å². The first-order chi connectivity index (χ1) is 11.3. The van der Waals surface area contributed by atoms with E-state index in [1.54, 1.807) is 0 Å². The van der Waals surface area contributed by atoms with Crippen LogP contribution in [0.3, 0.4) is 0 Å². The van der Waals surface area contributed by atoms with Gasteiger partial charge in [0.2, 0.25) is 0 Å². The maximum atomic E-state index is 2.41. The van der Waals surface area contributed by atoms with Gasteiger partial charge in [0.1, 0.15) is 0 Å². The molecule has 0 amide bonds. The number of rotatable bonds is 4. The van der Waals surface area contributed by atoms with Gasteiger partial charge in [-0.25, -0.2) is 0 Å². The third-order valence-electron chi connectivity index (χ3n) is 3.37. The summed E-state index contributed by atoms with van der Waals surface area (Å²) in [7, 11) is 0. The van der Waals surface area contributed by atoms with Gasteiger partial charge < -0.3 is 0 Å². The van der Waals surface area contributed by atoms with E-state index < -0.39 is 0 Å². The van der Waals surface area contributed by atoms with E-state index in [-0.39, 0.29) is 0 Å². The Labute approximate surface area is 164 Å². The van der Waals surface area contributed by atoms with Crippen LogP contribution in [0, 0.1) is 2.88 Å². The highest BCUT2D eigenvalue weighted by molar-refractivity contribution is 14.1. The molecule has 0 atom stereocenters. The van der Waals surface area contributed by atoms with Crippen LogP contribution in [-0.2, 0) is 0 Å². The van der Waals surface area contributed by atoms with Gasteiger partial charge in [0.05, 0.1) is 2.88 Å². The van der Waals surface area contributed by atoms with E-state index in [4.69, 9.17) is 0 Å². The standard InChI is InChI=1S/C18H11IS4/c19-16-8-7-15(23-16)18(14-6-3-11-22-14)17(12-4-1-9-20-12)13-5-2-10-21-13/h1-11H. The molecule has 0 unspecified atom stereocenters. The molecule has 0 nitrogen and oxygen atoms in total. The largest absolute Gasteiger partial charge is 0.144 e. The quantitative estimate of drug-likeness (QED) is 0.264. The Bertz CT molecular complexity index is 874. The van der Waals surface area contributed by atoms with Crippen molar-refractivity contribution in [1.82, 2.24) is 0 Å². The van der Waals surface area contributed by atoms with Crippen LogP contribution in [0.2, 0.25) is 0 Å². The summed E-state index contributed by atoms with van der Waals surface area (Å²) in [5.41, 5.74) is 2.72. The third kappa shape index (κ3) is 3.25. The Kier molecular flexibility index (Phi) is 4.82. The van der Waals surface area contributed by atoms with Gasteiger partial charge in [-0.05, 0) is 69.1 Å². The van der Waals surface area contributed by atoms with Crippen molar-refractivity contribution in [3.05, 3.63) is 87.1 Å². The van der Waals surface area contributed by atoms with Gasteiger partial charge in [-0.2, -0.15) is 0 Å². The van der Waals surface area contributed by atoms with Crippen molar-refractivity contribution in [1.29, 1.82) is 0 Å². The van der Waals surface area contributed by atoms with E-state index in [1.807, 2.05) is 45.3 Å². The van der Waals surface area contributed by atoms with Crippen molar-refractivity contribution in [3.8, 4) is 0 Å². The smallest absolute Gasteiger partial charge is 0.0660 e. The van der Waals surface area contributed by atoms with Gasteiger partial charge in [-0.1, -0.05) is 18.2 Å². The fourth-order valence-electron chi connectivity index (χ4n) is 2.45. The monoisotopic (exact) mass is 482 g/mol. The van der Waals surface area contributed by atoms with Crippen LogP contribution in [0.5, 0.6) is 0 Å². The molecular formula is C18H11IS4. The van der Waals surface area contributed by atoms with Gasteiger partial charge in [0.25, 0.3) is 0 Å². The molecule has 0 aliphatic carbocycles. The molecule has 4 aromatic rings. The van der Waals surface area contributed by atoms with Crippen molar-refractivity contribution in [2.45, 2.75) is 0 Å². The molecule has 0 fully saturated rings. The van der Waals surface area contributed by atoms with Crippen LogP contribution in [-0.4, -0.2) is 0 Å². The summed E-state index contributed by atoms with van der Waals surface area (Å²) in [5.74, 6) is 0. The van der Waals surface area contributed by atoms with Gasteiger partial charge in [-0.15, -0.1) is 45.3 Å². The molecule has 23 heavy (non-hydrogen) atoms. The van der Waals surface area contributed by atoms with Crippen molar-refractivity contribution < 1.29 is 0 Å². The number of thiophene rings is 4. The number of hydrogen-bond donors (Lipinski definition) is 0. The van der Waals surface area contributed by atoms with Gasteiger partial charge in [-0.3, -0.25) is 0 Å². The van der Waals surface area contributed by atoms with E-state index in [0.29, 0.717) is 0 Å². The second kappa shape index (κ2) is 7.03. The first-order valence-corrected chi connectivity index (χ1v) is 11.5. The van der Waals surface area contributed by atoms with E-state index in [1.165, 1.54) is 33.5 Å². The molecule has 0 aliphatic rings. The Morgan fingerprint density at radius 2 is 1.09 bits per heavy atom. The van der Waals surface area contributed by atoms with E-state index in [9.17, 15) is 0 Å². The molecule has 0 spiro atoms. The van der Waals surface area contributed by atoms with Crippen LogP contribution in [0.15, 0.2) is 64.7 Å². The Morgan fingerprint density at radius 1 is 0.609 bits per heavy atom. The average molecular weight is 482 g/mol. The third-order valence-corrected chi connectivity index (χ3v) is 7.95. The second-order valence-electron chi connectivity index (χ2n) is 4.79.